The monoisotopic (exact) mass is 333 g/mol. The Labute approximate surface area is 140 Å². The SMILES string of the molecule is Cn1cc(C(=O)NC2CCC(O)CC2)c(-c2ccccc2Cl)n1. The van der Waals surface area contributed by atoms with Crippen LogP contribution in [-0.4, -0.2) is 32.9 Å². The van der Waals surface area contributed by atoms with Crippen molar-refractivity contribution in [1.82, 2.24) is 15.1 Å². The van der Waals surface area contributed by atoms with Crippen molar-refractivity contribution < 1.29 is 9.90 Å². The number of aryl methyl sites for hydroxylation is 1. The molecule has 0 atom stereocenters. The molecule has 6 heteroatoms. The van der Waals surface area contributed by atoms with Crippen LogP contribution >= 0.6 is 11.6 Å². The molecular formula is C17H20ClN3O2. The van der Waals surface area contributed by atoms with Crippen LogP contribution in [0.5, 0.6) is 0 Å². The Kier molecular flexibility index (Phi) is 4.68. The first-order valence-electron chi connectivity index (χ1n) is 7.82. The lowest BCUT2D eigenvalue weighted by Gasteiger charge is -2.26. The first-order chi connectivity index (χ1) is 11.0. The number of hydrogen-bond donors (Lipinski definition) is 2. The summed E-state index contributed by atoms with van der Waals surface area (Å²) in [6.45, 7) is 0. The van der Waals surface area contributed by atoms with Crippen molar-refractivity contribution in [3.63, 3.8) is 0 Å². The summed E-state index contributed by atoms with van der Waals surface area (Å²) >= 11 is 6.24. The number of rotatable bonds is 3. The summed E-state index contributed by atoms with van der Waals surface area (Å²) < 4.78 is 1.62. The molecule has 0 unspecified atom stereocenters. The first-order valence-corrected chi connectivity index (χ1v) is 8.20. The van der Waals surface area contributed by atoms with Crippen molar-refractivity contribution in [1.29, 1.82) is 0 Å². The topological polar surface area (TPSA) is 67.2 Å². The number of carbonyl (C=O) groups is 1. The van der Waals surface area contributed by atoms with Gasteiger partial charge in [0.25, 0.3) is 5.91 Å². The van der Waals surface area contributed by atoms with Gasteiger partial charge in [-0.3, -0.25) is 9.48 Å². The first kappa shape index (κ1) is 16.0. The standard InChI is InChI=1S/C17H20ClN3O2/c1-21-10-14(16(20-21)13-4-2-3-5-15(13)18)17(23)19-11-6-8-12(22)9-7-11/h2-5,10-12,22H,6-9H2,1H3,(H,19,23). The van der Waals surface area contributed by atoms with Gasteiger partial charge in [0, 0.05) is 24.8 Å². The van der Waals surface area contributed by atoms with E-state index in [2.05, 4.69) is 10.4 Å². The van der Waals surface area contributed by atoms with Crippen LogP contribution in [0.4, 0.5) is 0 Å². The second kappa shape index (κ2) is 6.72. The minimum atomic E-state index is -0.236. The summed E-state index contributed by atoms with van der Waals surface area (Å²) in [5.41, 5.74) is 1.86. The summed E-state index contributed by atoms with van der Waals surface area (Å²) in [5.74, 6) is -0.144. The third-order valence-electron chi connectivity index (χ3n) is 4.23. The van der Waals surface area contributed by atoms with Crippen molar-refractivity contribution in [3.8, 4) is 11.3 Å². The van der Waals surface area contributed by atoms with E-state index in [1.165, 1.54) is 0 Å². The van der Waals surface area contributed by atoms with Gasteiger partial charge in [-0.15, -0.1) is 0 Å². The van der Waals surface area contributed by atoms with E-state index < -0.39 is 0 Å². The molecule has 0 aliphatic heterocycles. The third kappa shape index (κ3) is 3.57. The van der Waals surface area contributed by atoms with Gasteiger partial charge >= 0.3 is 0 Å². The Bertz CT molecular complexity index is 706. The summed E-state index contributed by atoms with van der Waals surface area (Å²) in [6, 6.07) is 7.47. The van der Waals surface area contributed by atoms with Crippen LogP contribution in [0.15, 0.2) is 30.5 Å². The maximum atomic E-state index is 12.6. The molecule has 1 amide bonds. The Morgan fingerprint density at radius 3 is 2.70 bits per heavy atom. The van der Waals surface area contributed by atoms with Crippen LogP contribution in [0, 0.1) is 0 Å². The van der Waals surface area contributed by atoms with Gasteiger partial charge in [-0.25, -0.2) is 0 Å². The van der Waals surface area contributed by atoms with Crippen molar-refractivity contribution in [3.05, 3.63) is 41.0 Å². The number of hydrogen-bond acceptors (Lipinski definition) is 3. The maximum absolute atomic E-state index is 12.6. The second-order valence-electron chi connectivity index (χ2n) is 6.02. The second-order valence-corrected chi connectivity index (χ2v) is 6.43. The van der Waals surface area contributed by atoms with Gasteiger partial charge in [0.15, 0.2) is 0 Å². The Morgan fingerprint density at radius 2 is 2.00 bits per heavy atom. The molecule has 1 aliphatic rings. The third-order valence-corrected chi connectivity index (χ3v) is 4.56. The zero-order valence-electron chi connectivity index (χ0n) is 13.0. The van der Waals surface area contributed by atoms with Crippen molar-refractivity contribution in [2.24, 2.45) is 7.05 Å². The van der Waals surface area contributed by atoms with E-state index in [0.717, 1.165) is 31.2 Å². The van der Waals surface area contributed by atoms with E-state index in [4.69, 9.17) is 11.6 Å². The van der Waals surface area contributed by atoms with E-state index in [1.54, 1.807) is 24.0 Å². The van der Waals surface area contributed by atoms with E-state index in [-0.39, 0.29) is 18.1 Å². The molecule has 2 N–H and O–H groups in total. The number of amides is 1. The predicted octanol–water partition coefficient (Wildman–Crippen LogP) is 2.77. The number of aromatic nitrogens is 2. The minimum Gasteiger partial charge on any atom is -0.393 e. The van der Waals surface area contributed by atoms with E-state index >= 15 is 0 Å². The van der Waals surface area contributed by atoms with Gasteiger partial charge < -0.3 is 10.4 Å². The number of aliphatic hydroxyl groups is 1. The lowest BCUT2D eigenvalue weighted by atomic mass is 9.93. The highest BCUT2D eigenvalue weighted by atomic mass is 35.5. The van der Waals surface area contributed by atoms with Crippen molar-refractivity contribution >= 4 is 17.5 Å². The van der Waals surface area contributed by atoms with Gasteiger partial charge in [-0.05, 0) is 31.7 Å². The van der Waals surface area contributed by atoms with Crippen LogP contribution in [0.1, 0.15) is 36.0 Å². The van der Waals surface area contributed by atoms with Crippen LogP contribution in [0.3, 0.4) is 0 Å². The largest absolute Gasteiger partial charge is 0.393 e. The summed E-state index contributed by atoms with van der Waals surface area (Å²) in [4.78, 5) is 12.6. The molecule has 23 heavy (non-hydrogen) atoms. The summed E-state index contributed by atoms with van der Waals surface area (Å²) in [7, 11) is 1.79. The fourth-order valence-electron chi connectivity index (χ4n) is 2.99. The summed E-state index contributed by atoms with van der Waals surface area (Å²) in [6.07, 6.45) is 4.54. The molecule has 5 nitrogen and oxygen atoms in total. The normalized spacial score (nSPS) is 21.2. The lowest BCUT2D eigenvalue weighted by Crippen LogP contribution is -2.38. The Morgan fingerprint density at radius 1 is 1.30 bits per heavy atom. The highest BCUT2D eigenvalue weighted by Crippen LogP contribution is 2.29. The van der Waals surface area contributed by atoms with Gasteiger partial charge in [0.05, 0.1) is 16.7 Å². The lowest BCUT2D eigenvalue weighted by molar-refractivity contribution is 0.0868. The fourth-order valence-corrected chi connectivity index (χ4v) is 3.22. The molecule has 1 heterocycles. The maximum Gasteiger partial charge on any atom is 0.255 e. The Balaban J connectivity index is 1.83. The Hall–Kier alpha value is -1.85. The highest BCUT2D eigenvalue weighted by molar-refractivity contribution is 6.33. The molecular weight excluding hydrogens is 314 g/mol. The number of aliphatic hydroxyl groups excluding tert-OH is 1. The number of benzene rings is 1. The van der Waals surface area contributed by atoms with Crippen molar-refractivity contribution in [2.45, 2.75) is 37.8 Å². The molecule has 2 aromatic rings. The van der Waals surface area contributed by atoms with Gasteiger partial charge in [0.2, 0.25) is 0 Å². The molecule has 0 radical (unpaired) electrons. The molecule has 0 saturated heterocycles. The number of carbonyl (C=O) groups excluding carboxylic acids is 1. The smallest absolute Gasteiger partial charge is 0.255 e. The van der Waals surface area contributed by atoms with E-state index in [9.17, 15) is 9.90 Å². The molecule has 1 fully saturated rings. The molecule has 122 valence electrons. The molecule has 1 saturated carbocycles. The highest BCUT2D eigenvalue weighted by Gasteiger charge is 2.24. The molecule has 1 aliphatic carbocycles. The zero-order valence-corrected chi connectivity index (χ0v) is 13.8. The predicted molar refractivity (Wildman–Crippen MR) is 89.4 cm³/mol. The molecule has 0 bridgehead atoms. The molecule has 0 spiro atoms. The number of nitrogens with one attached hydrogen (secondary N) is 1. The average molecular weight is 334 g/mol. The van der Waals surface area contributed by atoms with Crippen LogP contribution in [0.2, 0.25) is 5.02 Å². The molecule has 1 aromatic heterocycles. The fraction of sp³-hybridized carbons (Fsp3) is 0.412. The van der Waals surface area contributed by atoms with Gasteiger partial charge in [0.1, 0.15) is 5.69 Å². The van der Waals surface area contributed by atoms with Crippen molar-refractivity contribution in [2.75, 3.05) is 0 Å². The number of halogens is 1. The minimum absolute atomic E-state index is 0.102. The van der Waals surface area contributed by atoms with Crippen LogP contribution < -0.4 is 5.32 Å². The van der Waals surface area contributed by atoms with E-state index in [1.807, 2.05) is 18.2 Å². The van der Waals surface area contributed by atoms with Crippen LogP contribution in [0.25, 0.3) is 11.3 Å². The quantitative estimate of drug-likeness (QED) is 0.907. The van der Waals surface area contributed by atoms with E-state index in [0.29, 0.717) is 16.3 Å². The summed E-state index contributed by atoms with van der Waals surface area (Å²) in [5, 5.41) is 17.6. The molecule has 3 rings (SSSR count). The zero-order chi connectivity index (χ0) is 16.4. The molecule has 1 aromatic carbocycles. The number of nitrogens with zero attached hydrogens (tertiary/aromatic N) is 2. The van der Waals surface area contributed by atoms with Gasteiger partial charge in [-0.1, -0.05) is 29.8 Å². The van der Waals surface area contributed by atoms with Gasteiger partial charge in [-0.2, -0.15) is 5.10 Å². The van der Waals surface area contributed by atoms with Crippen LogP contribution in [-0.2, 0) is 7.05 Å². The average Bonchev–Trinajstić information content (AvgIpc) is 2.92.